The van der Waals surface area contributed by atoms with E-state index >= 15 is 0 Å². The van der Waals surface area contributed by atoms with Crippen LogP contribution in [0, 0.1) is 22.7 Å². The molecule has 3 N–H and O–H groups in total. The maximum absolute atomic E-state index is 9.93. The van der Waals surface area contributed by atoms with Crippen molar-refractivity contribution in [3.05, 3.63) is 0 Å². The van der Waals surface area contributed by atoms with E-state index in [1.54, 1.807) is 0 Å². The molecule has 0 amide bonds. The molecule has 0 saturated carbocycles. The molecule has 0 heterocycles. The molecule has 0 aromatic heterocycles. The third kappa shape index (κ3) is 9.60. The lowest BCUT2D eigenvalue weighted by molar-refractivity contribution is 0.0447. The standard InChI is InChI=1S/C19H40N3O3P/c1-15(2)22(16(3)4)26(24-11-9-10-20)25-13-17(12-23)18(5,6)14-19(7,8)21/h15-17,23H,9,11-14,21H2,1-8H3. The molecule has 0 radical (unpaired) electrons. The summed E-state index contributed by atoms with van der Waals surface area (Å²) in [7, 11) is -1.29. The molecular weight excluding hydrogens is 349 g/mol. The summed E-state index contributed by atoms with van der Waals surface area (Å²) in [6.07, 6.45) is 1.11. The Bertz CT molecular complexity index is 423. The fraction of sp³-hybridized carbons (Fsp3) is 0.947. The summed E-state index contributed by atoms with van der Waals surface area (Å²) in [4.78, 5) is 0. The van der Waals surface area contributed by atoms with Gasteiger partial charge >= 0.3 is 0 Å². The van der Waals surface area contributed by atoms with Crippen molar-refractivity contribution >= 4 is 8.53 Å². The molecular formula is C19H40N3O3P. The predicted octanol–water partition coefficient (Wildman–Crippen LogP) is 4.04. The van der Waals surface area contributed by atoms with Crippen LogP contribution in [0.1, 0.15) is 68.2 Å². The summed E-state index contributed by atoms with van der Waals surface area (Å²) in [5.74, 6) is -0.0453. The van der Waals surface area contributed by atoms with Crippen LogP contribution in [0.5, 0.6) is 0 Å². The molecule has 0 bridgehead atoms. The maximum atomic E-state index is 9.93. The Labute approximate surface area is 162 Å². The van der Waals surface area contributed by atoms with E-state index in [4.69, 9.17) is 20.0 Å². The molecule has 154 valence electrons. The average molecular weight is 390 g/mol. The molecule has 0 aromatic carbocycles. The van der Waals surface area contributed by atoms with Gasteiger partial charge in [0, 0.05) is 30.1 Å². The monoisotopic (exact) mass is 389 g/mol. The van der Waals surface area contributed by atoms with Gasteiger partial charge in [-0.3, -0.25) is 0 Å². The molecule has 0 spiro atoms. The van der Waals surface area contributed by atoms with Gasteiger partial charge in [-0.05, 0) is 53.4 Å². The van der Waals surface area contributed by atoms with Crippen LogP contribution in [-0.2, 0) is 9.05 Å². The van der Waals surface area contributed by atoms with Crippen LogP contribution in [0.2, 0.25) is 0 Å². The first-order valence-corrected chi connectivity index (χ1v) is 10.6. The zero-order valence-corrected chi connectivity index (χ0v) is 18.8. The molecule has 6 nitrogen and oxygen atoms in total. The van der Waals surface area contributed by atoms with Gasteiger partial charge in [-0.1, -0.05) is 13.8 Å². The van der Waals surface area contributed by atoms with Crippen LogP contribution in [0.15, 0.2) is 0 Å². The van der Waals surface area contributed by atoms with Gasteiger partial charge in [0.1, 0.15) is 0 Å². The quantitative estimate of drug-likeness (QED) is 0.365. The molecule has 0 saturated heterocycles. The highest BCUT2D eigenvalue weighted by atomic mass is 31.2. The van der Waals surface area contributed by atoms with E-state index in [-0.39, 0.29) is 35.6 Å². The zero-order chi connectivity index (χ0) is 20.5. The minimum atomic E-state index is -1.29. The molecule has 0 aromatic rings. The molecule has 0 aliphatic rings. The fourth-order valence-electron chi connectivity index (χ4n) is 3.31. The Kier molecular flexibility index (Phi) is 11.4. The van der Waals surface area contributed by atoms with Crippen molar-refractivity contribution in [1.82, 2.24) is 4.67 Å². The van der Waals surface area contributed by atoms with E-state index in [2.05, 4.69) is 52.3 Å². The van der Waals surface area contributed by atoms with Crippen LogP contribution in [-0.4, -0.2) is 47.2 Å². The second-order valence-electron chi connectivity index (χ2n) is 8.88. The van der Waals surface area contributed by atoms with Gasteiger partial charge in [-0.25, -0.2) is 4.67 Å². The van der Waals surface area contributed by atoms with Crippen LogP contribution in [0.25, 0.3) is 0 Å². The van der Waals surface area contributed by atoms with Crippen molar-refractivity contribution in [2.45, 2.75) is 85.9 Å². The summed E-state index contributed by atoms with van der Waals surface area (Å²) < 4.78 is 14.3. The first-order chi connectivity index (χ1) is 11.9. The lowest BCUT2D eigenvalue weighted by atomic mass is 9.72. The minimum Gasteiger partial charge on any atom is -0.396 e. The summed E-state index contributed by atoms with van der Waals surface area (Å²) >= 11 is 0. The van der Waals surface area contributed by atoms with Crippen molar-refractivity contribution < 1.29 is 14.2 Å². The van der Waals surface area contributed by atoms with Crippen LogP contribution in [0.3, 0.4) is 0 Å². The van der Waals surface area contributed by atoms with E-state index in [0.717, 1.165) is 6.42 Å². The molecule has 26 heavy (non-hydrogen) atoms. The first kappa shape index (κ1) is 25.7. The lowest BCUT2D eigenvalue weighted by Crippen LogP contribution is -2.42. The van der Waals surface area contributed by atoms with Gasteiger partial charge in [0.05, 0.1) is 25.7 Å². The average Bonchev–Trinajstić information content (AvgIpc) is 2.43. The van der Waals surface area contributed by atoms with E-state index in [9.17, 15) is 5.11 Å². The highest BCUT2D eigenvalue weighted by Gasteiger charge is 2.35. The van der Waals surface area contributed by atoms with E-state index in [1.165, 1.54) is 0 Å². The van der Waals surface area contributed by atoms with Crippen molar-refractivity contribution in [3.63, 3.8) is 0 Å². The number of rotatable bonds is 13. The number of nitrogens with zero attached hydrogens (tertiary/aromatic N) is 2. The van der Waals surface area contributed by atoms with E-state index in [0.29, 0.717) is 19.6 Å². The third-order valence-corrected chi connectivity index (χ3v) is 6.36. The Hall–Kier alpha value is -0.280. The summed E-state index contributed by atoms with van der Waals surface area (Å²) in [6.45, 7) is 17.5. The fourth-order valence-corrected chi connectivity index (χ4v) is 4.96. The molecule has 7 heteroatoms. The number of hydrogen-bond donors (Lipinski definition) is 2. The largest absolute Gasteiger partial charge is 0.396 e. The molecule has 0 aliphatic heterocycles. The maximum Gasteiger partial charge on any atom is 0.259 e. The Morgan fingerprint density at radius 1 is 1.12 bits per heavy atom. The number of nitriles is 1. The third-order valence-electron chi connectivity index (χ3n) is 4.29. The molecule has 2 atom stereocenters. The van der Waals surface area contributed by atoms with Crippen molar-refractivity contribution in [1.29, 1.82) is 5.26 Å². The topological polar surface area (TPSA) is 91.7 Å². The normalized spacial score (nSPS) is 15.5. The minimum absolute atomic E-state index is 0.0355. The summed E-state index contributed by atoms with van der Waals surface area (Å²) in [5.41, 5.74) is 5.72. The van der Waals surface area contributed by atoms with Crippen LogP contribution < -0.4 is 5.73 Å². The van der Waals surface area contributed by atoms with Crippen molar-refractivity contribution in [3.8, 4) is 6.07 Å². The van der Waals surface area contributed by atoms with Gasteiger partial charge in [-0.15, -0.1) is 0 Å². The second-order valence-corrected chi connectivity index (χ2v) is 10.3. The van der Waals surface area contributed by atoms with Crippen LogP contribution in [0.4, 0.5) is 0 Å². The lowest BCUT2D eigenvalue weighted by Gasteiger charge is -2.40. The molecule has 0 rings (SSSR count). The summed E-state index contributed by atoms with van der Waals surface area (Å²) in [6, 6.07) is 2.62. The van der Waals surface area contributed by atoms with Crippen molar-refractivity contribution in [2.75, 3.05) is 19.8 Å². The number of hydrogen-bond acceptors (Lipinski definition) is 6. The van der Waals surface area contributed by atoms with Crippen molar-refractivity contribution in [2.24, 2.45) is 17.1 Å². The second kappa shape index (κ2) is 11.5. The predicted molar refractivity (Wildman–Crippen MR) is 108 cm³/mol. The molecule has 2 unspecified atom stereocenters. The van der Waals surface area contributed by atoms with E-state index in [1.807, 2.05) is 13.8 Å². The first-order valence-electron chi connectivity index (χ1n) is 9.46. The van der Waals surface area contributed by atoms with Gasteiger partial charge in [0.2, 0.25) is 0 Å². The van der Waals surface area contributed by atoms with Gasteiger partial charge < -0.3 is 19.9 Å². The number of aliphatic hydroxyl groups excluding tert-OH is 1. The summed E-state index contributed by atoms with van der Waals surface area (Å²) in [5, 5.41) is 18.7. The van der Waals surface area contributed by atoms with Gasteiger partial charge in [0.15, 0.2) is 0 Å². The van der Waals surface area contributed by atoms with Gasteiger partial charge in [0.25, 0.3) is 8.53 Å². The van der Waals surface area contributed by atoms with Crippen LogP contribution >= 0.6 is 8.53 Å². The zero-order valence-electron chi connectivity index (χ0n) is 18.0. The number of aliphatic hydroxyl groups is 1. The van der Waals surface area contributed by atoms with E-state index < -0.39 is 8.53 Å². The molecule has 0 aliphatic carbocycles. The Morgan fingerprint density at radius 3 is 2.04 bits per heavy atom. The highest BCUT2D eigenvalue weighted by molar-refractivity contribution is 7.44. The SMILES string of the molecule is CC(C)N(C(C)C)P(OCCC#N)OCC(CO)C(C)(C)CC(C)(C)N. The number of nitrogens with two attached hydrogens (primary N) is 1. The highest BCUT2D eigenvalue weighted by Crippen LogP contribution is 2.47. The molecule has 0 fully saturated rings. The Morgan fingerprint density at radius 2 is 1.65 bits per heavy atom. The smallest absolute Gasteiger partial charge is 0.259 e. The van der Waals surface area contributed by atoms with Gasteiger partial charge in [-0.2, -0.15) is 5.26 Å². The Balaban J connectivity index is 5.15.